The quantitative estimate of drug-likeness (QED) is 0.626. The van der Waals surface area contributed by atoms with Crippen LogP contribution >= 0.6 is 0 Å². The summed E-state index contributed by atoms with van der Waals surface area (Å²) in [6.07, 6.45) is 3.23. The van der Waals surface area contributed by atoms with E-state index < -0.39 is 11.6 Å². The molecule has 2 heterocycles. The molecule has 0 saturated carbocycles. The smallest absolute Gasteiger partial charge is 0.304 e. The van der Waals surface area contributed by atoms with Crippen LogP contribution in [-0.4, -0.2) is 22.3 Å². The lowest BCUT2D eigenvalue weighted by atomic mass is 9.74. The molecule has 0 aliphatic heterocycles. The largest absolute Gasteiger partial charge is 0.467 e. The van der Waals surface area contributed by atoms with Gasteiger partial charge in [0.2, 0.25) is 5.89 Å². The van der Waals surface area contributed by atoms with Crippen molar-refractivity contribution in [3.8, 4) is 17.2 Å². The van der Waals surface area contributed by atoms with E-state index in [1.807, 2.05) is 0 Å². The molecule has 3 aromatic rings. The Morgan fingerprint density at radius 2 is 1.89 bits per heavy atom. The fraction of sp³-hybridized carbons (Fsp3) is 0.381. The van der Waals surface area contributed by atoms with Gasteiger partial charge in [-0.2, -0.15) is 5.10 Å². The number of methoxy groups -OCH3 is 1. The minimum atomic E-state index is -0.653. The molecule has 0 spiro atoms. The lowest BCUT2D eigenvalue weighted by Crippen LogP contribution is -2.21. The average Bonchev–Trinajstić information content (AvgIpc) is 3.15. The summed E-state index contributed by atoms with van der Waals surface area (Å²) < 4.78 is 39.3. The Balaban J connectivity index is 1.83. The summed E-state index contributed by atoms with van der Waals surface area (Å²) in [5.41, 5.74) is 1.73. The van der Waals surface area contributed by atoms with Crippen LogP contribution < -0.4 is 4.74 Å². The third-order valence-corrected chi connectivity index (χ3v) is 5.37. The van der Waals surface area contributed by atoms with Gasteiger partial charge in [0.15, 0.2) is 0 Å². The van der Waals surface area contributed by atoms with Gasteiger partial charge >= 0.3 is 5.95 Å². The van der Waals surface area contributed by atoms with Gasteiger partial charge in [0.1, 0.15) is 17.8 Å². The minimum Gasteiger partial charge on any atom is -0.467 e. The summed E-state index contributed by atoms with van der Waals surface area (Å²) >= 11 is 0. The highest BCUT2D eigenvalue weighted by Crippen LogP contribution is 2.45. The van der Waals surface area contributed by atoms with E-state index in [0.29, 0.717) is 17.8 Å². The maximum absolute atomic E-state index is 14.3. The molecule has 4 rings (SSSR count). The maximum Gasteiger partial charge on any atom is 0.304 e. The molecule has 1 aromatic carbocycles. The molecule has 28 heavy (non-hydrogen) atoms. The molecule has 0 saturated heterocycles. The maximum atomic E-state index is 14.3. The van der Waals surface area contributed by atoms with E-state index in [1.165, 1.54) is 31.5 Å². The zero-order valence-electron chi connectivity index (χ0n) is 15.9. The van der Waals surface area contributed by atoms with Crippen molar-refractivity contribution >= 4 is 0 Å². The second kappa shape index (κ2) is 7.30. The summed E-state index contributed by atoms with van der Waals surface area (Å²) in [7, 11) is 1.52. The van der Waals surface area contributed by atoms with Crippen molar-refractivity contribution in [2.24, 2.45) is 5.92 Å². The highest BCUT2D eigenvalue weighted by Gasteiger charge is 2.35. The minimum absolute atomic E-state index is 0.153. The Bertz CT molecular complexity index is 983. The number of nitrogens with zero attached hydrogens (tertiary/aromatic N) is 3. The first-order chi connectivity index (χ1) is 13.5. The van der Waals surface area contributed by atoms with Crippen molar-refractivity contribution in [3.05, 3.63) is 59.2 Å². The van der Waals surface area contributed by atoms with E-state index in [-0.39, 0.29) is 23.1 Å². The summed E-state index contributed by atoms with van der Waals surface area (Å²) in [5, 5.41) is 8.53. The summed E-state index contributed by atoms with van der Waals surface area (Å²) in [6, 6.07) is 5.55. The molecule has 0 N–H and O–H groups in total. The van der Waals surface area contributed by atoms with Gasteiger partial charge in [-0.15, -0.1) is 5.10 Å². The van der Waals surface area contributed by atoms with Gasteiger partial charge in [-0.25, -0.2) is 13.8 Å². The first-order valence-corrected chi connectivity index (χ1v) is 9.31. The van der Waals surface area contributed by atoms with Gasteiger partial charge in [-0.1, -0.05) is 19.9 Å². The highest BCUT2D eigenvalue weighted by atomic mass is 19.1. The number of oxazole rings is 1. The van der Waals surface area contributed by atoms with Crippen molar-refractivity contribution in [1.29, 1.82) is 0 Å². The van der Waals surface area contributed by atoms with Crippen LogP contribution in [0.3, 0.4) is 0 Å². The molecule has 2 unspecified atom stereocenters. The number of hydrogen-bond acceptors (Lipinski definition) is 5. The molecule has 1 aliphatic carbocycles. The number of aromatic nitrogens is 3. The SMILES string of the molecule is COc1cnc(C2CCC(C(C)C)c3cc(-c4c(F)cccc4F)nnc32)o1. The number of ether oxygens (including phenoxy) is 1. The van der Waals surface area contributed by atoms with Crippen molar-refractivity contribution in [1.82, 2.24) is 15.2 Å². The second-order valence-electron chi connectivity index (χ2n) is 7.37. The van der Waals surface area contributed by atoms with Gasteiger partial charge in [0.25, 0.3) is 0 Å². The van der Waals surface area contributed by atoms with E-state index in [4.69, 9.17) is 9.15 Å². The zero-order valence-corrected chi connectivity index (χ0v) is 15.9. The predicted molar refractivity (Wildman–Crippen MR) is 99.1 cm³/mol. The second-order valence-corrected chi connectivity index (χ2v) is 7.37. The molecular formula is C21H21F2N3O2. The monoisotopic (exact) mass is 385 g/mol. The number of rotatable bonds is 4. The van der Waals surface area contributed by atoms with E-state index in [9.17, 15) is 8.78 Å². The van der Waals surface area contributed by atoms with Crippen LogP contribution in [0.1, 0.15) is 55.7 Å². The molecule has 0 bridgehead atoms. The first-order valence-electron chi connectivity index (χ1n) is 9.31. The molecule has 7 heteroatoms. The Labute approximate surface area is 161 Å². The summed E-state index contributed by atoms with van der Waals surface area (Å²) in [6.45, 7) is 4.26. The number of hydrogen-bond donors (Lipinski definition) is 0. The summed E-state index contributed by atoms with van der Waals surface area (Å²) in [4.78, 5) is 4.31. The van der Waals surface area contributed by atoms with Crippen LogP contribution in [0.4, 0.5) is 8.78 Å². The van der Waals surface area contributed by atoms with Gasteiger partial charge < -0.3 is 9.15 Å². The van der Waals surface area contributed by atoms with Crippen LogP contribution in [0.5, 0.6) is 5.95 Å². The fourth-order valence-corrected chi connectivity index (χ4v) is 3.95. The fourth-order valence-electron chi connectivity index (χ4n) is 3.95. The Morgan fingerprint density at radius 3 is 2.54 bits per heavy atom. The lowest BCUT2D eigenvalue weighted by molar-refractivity contribution is 0.282. The predicted octanol–water partition coefficient (Wildman–Crippen LogP) is 5.08. The molecule has 0 fully saturated rings. The Kier molecular flexibility index (Phi) is 4.83. The molecule has 5 nitrogen and oxygen atoms in total. The molecule has 0 amide bonds. The van der Waals surface area contributed by atoms with Crippen LogP contribution in [0.25, 0.3) is 11.3 Å². The van der Waals surface area contributed by atoms with E-state index >= 15 is 0 Å². The standard InChI is InChI=1S/C21H21F2N3O2/c1-11(2)12-7-8-13(21-24-10-18(27-3)28-21)20-14(12)9-17(25-26-20)19-15(22)5-4-6-16(19)23/h4-6,9-13H,7-8H2,1-3H3. The van der Waals surface area contributed by atoms with Gasteiger partial charge in [-0.05, 0) is 48.4 Å². The molecule has 2 atom stereocenters. The molecular weight excluding hydrogens is 364 g/mol. The van der Waals surface area contributed by atoms with Crippen LogP contribution in [-0.2, 0) is 0 Å². The van der Waals surface area contributed by atoms with Crippen molar-refractivity contribution in [2.45, 2.75) is 38.5 Å². The molecule has 0 radical (unpaired) electrons. The van der Waals surface area contributed by atoms with E-state index in [2.05, 4.69) is 29.0 Å². The third-order valence-electron chi connectivity index (χ3n) is 5.37. The van der Waals surface area contributed by atoms with Crippen molar-refractivity contribution < 1.29 is 17.9 Å². The van der Waals surface area contributed by atoms with E-state index in [0.717, 1.165) is 24.1 Å². The number of benzene rings is 1. The van der Waals surface area contributed by atoms with Gasteiger partial charge in [-0.3, -0.25) is 0 Å². The number of halogens is 2. The first kappa shape index (κ1) is 18.5. The number of fused-ring (bicyclic) bond motifs is 1. The Hall–Kier alpha value is -2.83. The Morgan fingerprint density at radius 1 is 1.14 bits per heavy atom. The average molecular weight is 385 g/mol. The molecule has 146 valence electrons. The molecule has 1 aliphatic rings. The highest BCUT2D eigenvalue weighted by molar-refractivity contribution is 5.62. The van der Waals surface area contributed by atoms with Gasteiger partial charge in [0, 0.05) is 0 Å². The normalized spacial score (nSPS) is 18.9. The van der Waals surface area contributed by atoms with E-state index in [1.54, 1.807) is 6.07 Å². The molecule has 2 aromatic heterocycles. The van der Waals surface area contributed by atoms with Crippen LogP contribution in [0, 0.1) is 17.6 Å². The van der Waals surface area contributed by atoms with Crippen molar-refractivity contribution in [3.63, 3.8) is 0 Å². The van der Waals surface area contributed by atoms with Crippen molar-refractivity contribution in [2.75, 3.05) is 7.11 Å². The van der Waals surface area contributed by atoms with Crippen LogP contribution in [0.15, 0.2) is 34.9 Å². The topological polar surface area (TPSA) is 61.0 Å². The summed E-state index contributed by atoms with van der Waals surface area (Å²) in [5.74, 6) is -0.0605. The van der Waals surface area contributed by atoms with Crippen LogP contribution in [0.2, 0.25) is 0 Å². The zero-order chi connectivity index (χ0) is 19.8. The van der Waals surface area contributed by atoms with Gasteiger partial charge in [0.05, 0.1) is 30.0 Å². The third kappa shape index (κ3) is 3.15. The lowest BCUT2D eigenvalue weighted by Gasteiger charge is -2.31.